The maximum Gasteiger partial charge on any atom is 0.402 e. The standard InChI is InChI=1S/C18H24F2O6S/c1-10(2)14(21)8-17-5-11-3-12(6-17)15(13(4-11)7-17)16(22)26-9-18(19,20)27(23,24)25/h11-13,15H,1,3-9H2,2H3,(H,23,24,25). The van der Waals surface area contributed by atoms with Crippen LogP contribution in [-0.4, -0.2) is 36.6 Å². The van der Waals surface area contributed by atoms with E-state index in [1.807, 2.05) is 0 Å². The summed E-state index contributed by atoms with van der Waals surface area (Å²) in [6.07, 6.45) is 4.22. The van der Waals surface area contributed by atoms with E-state index in [1.54, 1.807) is 6.92 Å². The summed E-state index contributed by atoms with van der Waals surface area (Å²) in [6, 6.07) is 0. The van der Waals surface area contributed by atoms with Gasteiger partial charge in [-0.3, -0.25) is 14.1 Å². The predicted octanol–water partition coefficient (Wildman–Crippen LogP) is 2.99. The summed E-state index contributed by atoms with van der Waals surface area (Å²) in [5.74, 6) is -1.09. The second-order valence-corrected chi connectivity index (χ2v) is 10.1. The molecule has 152 valence electrons. The van der Waals surface area contributed by atoms with Gasteiger partial charge in [0.15, 0.2) is 12.4 Å². The lowest BCUT2D eigenvalue weighted by molar-refractivity contribution is -0.174. The van der Waals surface area contributed by atoms with Crippen molar-refractivity contribution < 1.29 is 36.1 Å². The summed E-state index contributed by atoms with van der Waals surface area (Å²) in [4.78, 5) is 24.6. The molecule has 0 aromatic rings. The van der Waals surface area contributed by atoms with Crippen LogP contribution in [0.4, 0.5) is 8.78 Å². The van der Waals surface area contributed by atoms with Gasteiger partial charge in [-0.1, -0.05) is 6.58 Å². The van der Waals surface area contributed by atoms with Gasteiger partial charge in [-0.25, -0.2) is 0 Å². The number of ether oxygens (including phenoxy) is 1. The van der Waals surface area contributed by atoms with Crippen molar-refractivity contribution in [1.29, 1.82) is 0 Å². The highest BCUT2D eigenvalue weighted by atomic mass is 32.2. The van der Waals surface area contributed by atoms with E-state index in [2.05, 4.69) is 11.3 Å². The molecule has 0 aliphatic heterocycles. The number of carbonyl (C=O) groups excluding carboxylic acids is 2. The molecule has 4 aliphatic carbocycles. The van der Waals surface area contributed by atoms with Crippen molar-refractivity contribution in [3.05, 3.63) is 12.2 Å². The first kappa shape index (κ1) is 20.4. The quantitative estimate of drug-likeness (QED) is 0.397. The zero-order valence-corrected chi connectivity index (χ0v) is 15.9. The van der Waals surface area contributed by atoms with Crippen LogP contribution in [0.5, 0.6) is 0 Å². The van der Waals surface area contributed by atoms with E-state index in [-0.39, 0.29) is 23.0 Å². The van der Waals surface area contributed by atoms with Gasteiger partial charge in [0.1, 0.15) is 0 Å². The first-order valence-corrected chi connectivity index (χ1v) is 10.5. The van der Waals surface area contributed by atoms with Crippen LogP contribution in [0.2, 0.25) is 0 Å². The minimum atomic E-state index is -5.64. The monoisotopic (exact) mass is 406 g/mol. The summed E-state index contributed by atoms with van der Waals surface area (Å²) in [5.41, 5.74) is 0.343. The van der Waals surface area contributed by atoms with Crippen molar-refractivity contribution >= 4 is 21.9 Å². The first-order chi connectivity index (χ1) is 12.3. The molecular weight excluding hydrogens is 382 g/mol. The number of halogens is 2. The van der Waals surface area contributed by atoms with Gasteiger partial charge < -0.3 is 4.74 Å². The van der Waals surface area contributed by atoms with Crippen LogP contribution in [0.25, 0.3) is 0 Å². The fourth-order valence-corrected chi connectivity index (χ4v) is 5.82. The Hall–Kier alpha value is -1.35. The molecule has 0 heterocycles. The highest BCUT2D eigenvalue weighted by molar-refractivity contribution is 7.86. The fraction of sp³-hybridized carbons (Fsp3) is 0.778. The van der Waals surface area contributed by atoms with Crippen molar-refractivity contribution in [2.75, 3.05) is 6.61 Å². The number of hydrogen-bond donors (Lipinski definition) is 1. The summed E-state index contributed by atoms with van der Waals surface area (Å²) < 4.78 is 61.1. The Kier molecular flexibility index (Phi) is 5.00. The molecule has 2 unspecified atom stereocenters. The second-order valence-electron chi connectivity index (χ2n) is 8.60. The van der Waals surface area contributed by atoms with Crippen LogP contribution in [0.3, 0.4) is 0 Å². The molecule has 4 bridgehead atoms. The van der Waals surface area contributed by atoms with Crippen LogP contribution in [0, 0.1) is 29.1 Å². The smallest absolute Gasteiger partial charge is 0.402 e. The van der Waals surface area contributed by atoms with E-state index < -0.39 is 33.9 Å². The number of ketones is 1. The minimum absolute atomic E-state index is 0.0175. The van der Waals surface area contributed by atoms with E-state index in [0.717, 1.165) is 19.3 Å². The predicted molar refractivity (Wildman–Crippen MR) is 91.4 cm³/mol. The normalized spacial score (nSPS) is 35.1. The zero-order valence-electron chi connectivity index (χ0n) is 15.1. The number of alkyl halides is 2. The van der Waals surface area contributed by atoms with E-state index in [0.29, 0.717) is 30.8 Å². The topological polar surface area (TPSA) is 97.7 Å². The van der Waals surface area contributed by atoms with E-state index >= 15 is 0 Å². The van der Waals surface area contributed by atoms with Crippen LogP contribution >= 0.6 is 0 Å². The molecule has 0 aromatic carbocycles. The molecule has 9 heteroatoms. The minimum Gasteiger partial charge on any atom is -0.458 e. The number of carbonyl (C=O) groups is 2. The van der Waals surface area contributed by atoms with Crippen molar-refractivity contribution in [2.24, 2.45) is 29.1 Å². The molecule has 0 spiro atoms. The van der Waals surface area contributed by atoms with Crippen molar-refractivity contribution in [3.8, 4) is 0 Å². The third-order valence-electron chi connectivity index (χ3n) is 6.44. The Bertz CT molecular complexity index is 759. The van der Waals surface area contributed by atoms with Gasteiger partial charge in [0.25, 0.3) is 0 Å². The third kappa shape index (κ3) is 3.81. The molecule has 4 saturated carbocycles. The molecule has 0 amide bonds. The second kappa shape index (κ2) is 6.62. The summed E-state index contributed by atoms with van der Waals surface area (Å²) >= 11 is 0. The number of hydrogen-bond acceptors (Lipinski definition) is 5. The molecule has 4 aliphatic rings. The van der Waals surface area contributed by atoms with Crippen LogP contribution in [0.1, 0.15) is 45.4 Å². The highest BCUT2D eigenvalue weighted by Crippen LogP contribution is 2.63. The average molecular weight is 406 g/mol. The first-order valence-electron chi connectivity index (χ1n) is 9.04. The number of rotatable bonds is 7. The lowest BCUT2D eigenvalue weighted by atomic mass is 9.45. The van der Waals surface area contributed by atoms with E-state index in [4.69, 9.17) is 4.55 Å². The van der Waals surface area contributed by atoms with E-state index in [1.165, 1.54) is 0 Å². The highest BCUT2D eigenvalue weighted by Gasteiger charge is 2.58. The van der Waals surface area contributed by atoms with Gasteiger partial charge in [-0.05, 0) is 67.8 Å². The molecule has 4 rings (SSSR count). The Morgan fingerprint density at radius 1 is 1.22 bits per heavy atom. The number of allylic oxidation sites excluding steroid dienone is 1. The molecule has 4 fully saturated rings. The summed E-state index contributed by atoms with van der Waals surface area (Å²) in [6.45, 7) is 3.69. The van der Waals surface area contributed by atoms with Gasteiger partial charge in [0.05, 0.1) is 5.92 Å². The zero-order chi connectivity index (χ0) is 20.2. The lowest BCUT2D eigenvalue weighted by Crippen LogP contribution is -2.54. The SMILES string of the molecule is C=C(C)C(=O)CC12CC3CC(C1)C(C(=O)OCC(F)(F)S(=O)(=O)O)C(C3)C2. The summed E-state index contributed by atoms with van der Waals surface area (Å²) in [5, 5.41) is -4.52. The van der Waals surface area contributed by atoms with Crippen LogP contribution in [0.15, 0.2) is 12.2 Å². The van der Waals surface area contributed by atoms with E-state index in [9.17, 15) is 26.8 Å². The van der Waals surface area contributed by atoms with Gasteiger partial charge in [0.2, 0.25) is 0 Å². The maximum atomic E-state index is 13.3. The summed E-state index contributed by atoms with van der Waals surface area (Å²) in [7, 11) is -5.64. The van der Waals surface area contributed by atoms with Crippen LogP contribution < -0.4 is 0 Å². The van der Waals surface area contributed by atoms with Crippen molar-refractivity contribution in [2.45, 2.75) is 50.7 Å². The molecule has 1 N–H and O–H groups in total. The molecule has 0 aromatic heterocycles. The van der Waals surface area contributed by atoms with Gasteiger partial charge >= 0.3 is 21.3 Å². The molecule has 0 radical (unpaired) electrons. The van der Waals surface area contributed by atoms with Crippen LogP contribution in [-0.2, 0) is 24.4 Å². The fourth-order valence-electron chi connectivity index (χ4n) is 5.61. The maximum absolute atomic E-state index is 13.3. The molecule has 27 heavy (non-hydrogen) atoms. The van der Waals surface area contributed by atoms with Gasteiger partial charge in [-0.2, -0.15) is 17.2 Å². The van der Waals surface area contributed by atoms with Gasteiger partial charge in [-0.15, -0.1) is 0 Å². The van der Waals surface area contributed by atoms with Crippen molar-refractivity contribution in [1.82, 2.24) is 0 Å². The molecular formula is C18H24F2O6S. The number of Topliss-reactive ketones (excluding diaryl/α,β-unsaturated/α-hetero) is 1. The average Bonchev–Trinajstić information content (AvgIpc) is 2.50. The van der Waals surface area contributed by atoms with Gasteiger partial charge in [0, 0.05) is 6.42 Å². The van der Waals surface area contributed by atoms with Crippen molar-refractivity contribution in [3.63, 3.8) is 0 Å². The lowest BCUT2D eigenvalue weighted by Gasteiger charge is -2.59. The Labute approximate surface area is 157 Å². The Balaban J connectivity index is 1.69. The number of esters is 1. The molecule has 0 saturated heterocycles. The third-order valence-corrected chi connectivity index (χ3v) is 7.32. The molecule has 2 atom stereocenters. The Morgan fingerprint density at radius 2 is 1.78 bits per heavy atom. The largest absolute Gasteiger partial charge is 0.458 e. The Morgan fingerprint density at radius 3 is 2.26 bits per heavy atom. The molecule has 6 nitrogen and oxygen atoms in total.